The van der Waals surface area contributed by atoms with Crippen molar-refractivity contribution in [3.05, 3.63) is 0 Å². The Morgan fingerprint density at radius 3 is 1.19 bits per heavy atom. The summed E-state index contributed by atoms with van der Waals surface area (Å²) in [7, 11) is 0. The van der Waals surface area contributed by atoms with E-state index in [9.17, 15) is 9.59 Å². The van der Waals surface area contributed by atoms with Gasteiger partial charge in [-0.05, 0) is 12.8 Å². The lowest BCUT2D eigenvalue weighted by molar-refractivity contribution is -0.137. The fourth-order valence-electron chi connectivity index (χ4n) is 3.14. The first kappa shape index (κ1) is 25.1. The largest absolute Gasteiger partial charge is 0.481 e. The minimum atomic E-state index is -1.19. The van der Waals surface area contributed by atoms with E-state index in [0.717, 1.165) is 38.5 Å². The Kier molecular flexibility index (Phi) is 18.2. The van der Waals surface area contributed by atoms with Crippen molar-refractivity contribution in [3.8, 4) is 0 Å². The number of carbonyl (C=O) groups is 2. The van der Waals surface area contributed by atoms with E-state index in [1.165, 1.54) is 57.8 Å². The lowest BCUT2D eigenvalue weighted by atomic mass is 10.0. The van der Waals surface area contributed by atoms with Gasteiger partial charge < -0.3 is 15.3 Å². The molecular weight excluding hydrogens is 332 g/mol. The number of aliphatic carboxylic acids is 1. The van der Waals surface area contributed by atoms with Crippen LogP contribution in [0.3, 0.4) is 0 Å². The van der Waals surface area contributed by atoms with Crippen molar-refractivity contribution in [2.45, 2.75) is 115 Å². The van der Waals surface area contributed by atoms with E-state index in [-0.39, 0.29) is 5.78 Å². The van der Waals surface area contributed by atoms with Crippen molar-refractivity contribution in [1.82, 2.24) is 0 Å². The Morgan fingerprint density at radius 1 is 0.577 bits per heavy atom. The minimum Gasteiger partial charge on any atom is -0.481 e. The summed E-state index contributed by atoms with van der Waals surface area (Å²) in [5, 5.41) is 26.4. The molecule has 0 aromatic heterocycles. The van der Waals surface area contributed by atoms with Gasteiger partial charge in [-0.3, -0.25) is 9.59 Å². The van der Waals surface area contributed by atoms with Crippen LogP contribution in [-0.2, 0) is 9.59 Å². The zero-order valence-corrected chi connectivity index (χ0v) is 16.5. The van der Waals surface area contributed by atoms with Gasteiger partial charge in [0.05, 0.1) is 6.61 Å². The van der Waals surface area contributed by atoms with Gasteiger partial charge in [0.2, 0.25) is 0 Å². The summed E-state index contributed by atoms with van der Waals surface area (Å²) in [6.07, 6.45) is 17.0. The van der Waals surface area contributed by atoms with E-state index in [2.05, 4.69) is 0 Å². The number of carboxylic acid groups (broad SMARTS) is 1. The molecular formula is C21H40O5. The van der Waals surface area contributed by atoms with Gasteiger partial charge in [0, 0.05) is 12.8 Å². The quantitative estimate of drug-likeness (QED) is 0.271. The molecule has 0 aliphatic heterocycles. The number of rotatable bonds is 20. The average molecular weight is 373 g/mol. The lowest BCUT2D eigenvalue weighted by Crippen LogP contribution is -2.23. The van der Waals surface area contributed by atoms with E-state index >= 15 is 0 Å². The number of aliphatic hydroxyl groups is 2. The first-order valence-electron chi connectivity index (χ1n) is 10.6. The number of carboxylic acids is 1. The highest BCUT2D eigenvalue weighted by molar-refractivity contribution is 5.82. The summed E-state index contributed by atoms with van der Waals surface area (Å²) in [5.41, 5.74) is 0. The molecule has 154 valence electrons. The van der Waals surface area contributed by atoms with Gasteiger partial charge in [-0.25, -0.2) is 0 Å². The molecule has 0 bridgehead atoms. The smallest absolute Gasteiger partial charge is 0.303 e. The van der Waals surface area contributed by atoms with Crippen molar-refractivity contribution >= 4 is 11.8 Å². The Labute approximate surface area is 159 Å². The molecule has 5 heteroatoms. The molecule has 1 atom stereocenters. The molecule has 0 amide bonds. The summed E-state index contributed by atoms with van der Waals surface area (Å²) in [6.45, 7) is -0.467. The van der Waals surface area contributed by atoms with E-state index < -0.39 is 18.7 Å². The van der Waals surface area contributed by atoms with Gasteiger partial charge in [0.15, 0.2) is 5.78 Å². The maximum absolute atomic E-state index is 11.3. The Morgan fingerprint density at radius 2 is 0.885 bits per heavy atom. The van der Waals surface area contributed by atoms with E-state index in [4.69, 9.17) is 15.3 Å². The summed E-state index contributed by atoms with van der Waals surface area (Å²) in [6, 6.07) is 0. The van der Waals surface area contributed by atoms with Crippen molar-refractivity contribution in [1.29, 1.82) is 0 Å². The first-order chi connectivity index (χ1) is 12.6. The van der Waals surface area contributed by atoms with Crippen LogP contribution in [0.25, 0.3) is 0 Å². The standard InChI is InChI=1S/C21H40O5/c22-18-20(24)19(23)16-14-12-10-8-6-4-2-1-3-5-7-9-11-13-15-17-21(25)26/h20,22,24H,1-18H2,(H,25,26). The third-order valence-electron chi connectivity index (χ3n) is 4.86. The van der Waals surface area contributed by atoms with Gasteiger partial charge in [0.25, 0.3) is 0 Å². The summed E-state index contributed by atoms with van der Waals surface area (Å²) in [5.74, 6) is -0.925. The second-order valence-corrected chi connectivity index (χ2v) is 7.36. The van der Waals surface area contributed by atoms with Crippen molar-refractivity contribution in [2.24, 2.45) is 0 Å². The number of ketones is 1. The van der Waals surface area contributed by atoms with Gasteiger partial charge in [-0.1, -0.05) is 83.5 Å². The number of Topliss-reactive ketones (excluding diaryl/α,β-unsaturated/α-hetero) is 1. The topological polar surface area (TPSA) is 94.8 Å². The minimum absolute atomic E-state index is 0.243. The van der Waals surface area contributed by atoms with Crippen LogP contribution in [-0.4, -0.2) is 39.8 Å². The van der Waals surface area contributed by atoms with Crippen LogP contribution in [0, 0.1) is 0 Å². The average Bonchev–Trinajstić information content (AvgIpc) is 2.63. The highest BCUT2D eigenvalue weighted by Crippen LogP contribution is 2.14. The number of carbonyl (C=O) groups excluding carboxylic acids is 1. The molecule has 0 aromatic carbocycles. The van der Waals surface area contributed by atoms with E-state index in [0.29, 0.717) is 12.8 Å². The van der Waals surface area contributed by atoms with Crippen molar-refractivity contribution in [3.63, 3.8) is 0 Å². The van der Waals surface area contributed by atoms with Crippen molar-refractivity contribution < 1.29 is 24.9 Å². The molecule has 0 aliphatic carbocycles. The molecule has 0 spiro atoms. The van der Waals surface area contributed by atoms with E-state index in [1.807, 2.05) is 0 Å². The molecule has 3 N–H and O–H groups in total. The van der Waals surface area contributed by atoms with Crippen molar-refractivity contribution in [2.75, 3.05) is 6.61 Å². The summed E-state index contributed by atoms with van der Waals surface area (Å²) >= 11 is 0. The van der Waals surface area contributed by atoms with E-state index in [1.54, 1.807) is 0 Å². The zero-order valence-electron chi connectivity index (χ0n) is 16.5. The Hall–Kier alpha value is -0.940. The monoisotopic (exact) mass is 372 g/mol. The van der Waals surface area contributed by atoms with Crippen LogP contribution in [0.5, 0.6) is 0 Å². The molecule has 1 unspecified atom stereocenters. The van der Waals surface area contributed by atoms with Crippen LogP contribution >= 0.6 is 0 Å². The molecule has 0 aliphatic rings. The number of hydrogen-bond acceptors (Lipinski definition) is 4. The van der Waals surface area contributed by atoms with Crippen LogP contribution in [0.1, 0.15) is 109 Å². The van der Waals surface area contributed by atoms with Crippen LogP contribution < -0.4 is 0 Å². The molecule has 0 heterocycles. The molecule has 5 nitrogen and oxygen atoms in total. The number of hydrogen-bond donors (Lipinski definition) is 3. The first-order valence-corrected chi connectivity index (χ1v) is 10.6. The third-order valence-corrected chi connectivity index (χ3v) is 4.86. The molecule has 0 aromatic rings. The molecule has 26 heavy (non-hydrogen) atoms. The fraction of sp³-hybridized carbons (Fsp3) is 0.905. The molecule has 0 radical (unpaired) electrons. The lowest BCUT2D eigenvalue weighted by Gasteiger charge is -2.06. The summed E-state index contributed by atoms with van der Waals surface area (Å²) in [4.78, 5) is 21.7. The fourth-order valence-corrected chi connectivity index (χ4v) is 3.14. The number of aliphatic hydroxyl groups excluding tert-OH is 2. The highest BCUT2D eigenvalue weighted by atomic mass is 16.4. The normalized spacial score (nSPS) is 12.2. The third kappa shape index (κ3) is 17.9. The Balaban J connectivity index is 3.11. The highest BCUT2D eigenvalue weighted by Gasteiger charge is 2.12. The van der Waals surface area contributed by atoms with Gasteiger partial charge in [-0.2, -0.15) is 0 Å². The number of unbranched alkanes of at least 4 members (excludes halogenated alkanes) is 14. The second kappa shape index (κ2) is 18.8. The SMILES string of the molecule is O=C(O)CCCCCCCCCCCCCCCCCC(=O)C(O)CO. The van der Waals surface area contributed by atoms with Gasteiger partial charge in [0.1, 0.15) is 6.10 Å². The zero-order chi connectivity index (χ0) is 19.5. The summed E-state index contributed by atoms with van der Waals surface area (Å²) < 4.78 is 0. The van der Waals surface area contributed by atoms with Gasteiger partial charge >= 0.3 is 5.97 Å². The van der Waals surface area contributed by atoms with Crippen LogP contribution in [0.15, 0.2) is 0 Å². The molecule has 0 rings (SSSR count). The maximum Gasteiger partial charge on any atom is 0.303 e. The maximum atomic E-state index is 11.3. The Bertz CT molecular complexity index is 343. The second-order valence-electron chi connectivity index (χ2n) is 7.36. The van der Waals surface area contributed by atoms with Gasteiger partial charge in [-0.15, -0.1) is 0 Å². The molecule has 0 saturated heterocycles. The molecule has 0 saturated carbocycles. The van der Waals surface area contributed by atoms with Crippen LogP contribution in [0.4, 0.5) is 0 Å². The van der Waals surface area contributed by atoms with Crippen LogP contribution in [0.2, 0.25) is 0 Å². The predicted molar refractivity (Wildman–Crippen MR) is 104 cm³/mol. The predicted octanol–water partition coefficient (Wildman–Crippen LogP) is 4.63. The molecule has 0 fully saturated rings.